The highest BCUT2D eigenvalue weighted by molar-refractivity contribution is 6.19. The van der Waals surface area contributed by atoms with E-state index in [4.69, 9.17) is 14.4 Å². The molecule has 0 fully saturated rings. The predicted octanol–water partition coefficient (Wildman–Crippen LogP) is 13.0. The van der Waals surface area contributed by atoms with Crippen molar-refractivity contribution in [1.82, 2.24) is 9.97 Å². The third-order valence-corrected chi connectivity index (χ3v) is 9.86. The van der Waals surface area contributed by atoms with E-state index in [1.165, 1.54) is 27.3 Å². The van der Waals surface area contributed by atoms with Gasteiger partial charge in [0.2, 0.25) is 0 Å². The van der Waals surface area contributed by atoms with Crippen LogP contribution in [-0.2, 0) is 0 Å². The topological polar surface area (TPSA) is 38.9 Å². The number of nitrogens with zero attached hydrogens (tertiary/aromatic N) is 2. The highest BCUT2D eigenvalue weighted by Crippen LogP contribution is 2.41. The van der Waals surface area contributed by atoms with Gasteiger partial charge in [0.25, 0.3) is 0 Å². The molecule has 0 aliphatic rings. The van der Waals surface area contributed by atoms with Gasteiger partial charge >= 0.3 is 0 Å². The van der Waals surface area contributed by atoms with E-state index in [0.29, 0.717) is 5.82 Å². The van der Waals surface area contributed by atoms with E-state index in [0.717, 1.165) is 66.5 Å². The first-order valence-corrected chi connectivity index (χ1v) is 17.2. The van der Waals surface area contributed by atoms with Crippen LogP contribution in [0.25, 0.3) is 99.6 Å². The smallest absolute Gasteiger partial charge is 0.160 e. The molecular weight excluding hydrogens is 621 g/mol. The number of hydrogen-bond donors (Lipinski definition) is 0. The molecule has 0 atom stereocenters. The minimum absolute atomic E-state index is 0.707. The Hall–Kier alpha value is -6.84. The number of furan rings is 1. The molecule has 0 amide bonds. The van der Waals surface area contributed by atoms with Gasteiger partial charge in [-0.25, -0.2) is 9.97 Å². The first-order chi connectivity index (χ1) is 25.2. The zero-order valence-electron chi connectivity index (χ0n) is 27.6. The van der Waals surface area contributed by atoms with Crippen LogP contribution in [0.1, 0.15) is 0 Å². The number of aromatic nitrogens is 2. The summed E-state index contributed by atoms with van der Waals surface area (Å²) in [6.07, 6.45) is 0. The van der Waals surface area contributed by atoms with Crippen LogP contribution in [0.5, 0.6) is 0 Å². The molecule has 0 N–H and O–H groups in total. The maximum Gasteiger partial charge on any atom is 0.160 e. The Morgan fingerprint density at radius 2 is 0.961 bits per heavy atom. The Morgan fingerprint density at radius 3 is 1.78 bits per heavy atom. The fourth-order valence-electron chi connectivity index (χ4n) is 7.30. The lowest BCUT2D eigenvalue weighted by Gasteiger charge is -2.11. The van der Waals surface area contributed by atoms with E-state index < -0.39 is 0 Å². The fourth-order valence-corrected chi connectivity index (χ4v) is 7.30. The van der Waals surface area contributed by atoms with E-state index in [-0.39, 0.29) is 0 Å². The summed E-state index contributed by atoms with van der Waals surface area (Å²) in [6, 6.07) is 63.9. The average molecular weight is 651 g/mol. The Balaban J connectivity index is 1.12. The summed E-state index contributed by atoms with van der Waals surface area (Å²) in [5.74, 6) is 0.707. The number of rotatable bonds is 5. The van der Waals surface area contributed by atoms with Crippen LogP contribution in [0.2, 0.25) is 0 Å². The summed E-state index contributed by atoms with van der Waals surface area (Å²) in [5, 5.41) is 6.98. The second-order valence-corrected chi connectivity index (χ2v) is 13.0. The summed E-state index contributed by atoms with van der Waals surface area (Å²) < 4.78 is 6.60. The molecule has 51 heavy (non-hydrogen) atoms. The van der Waals surface area contributed by atoms with E-state index in [1.54, 1.807) is 0 Å². The van der Waals surface area contributed by atoms with Crippen molar-refractivity contribution < 1.29 is 4.42 Å². The third-order valence-electron chi connectivity index (χ3n) is 9.86. The van der Waals surface area contributed by atoms with Crippen LogP contribution in [0, 0.1) is 0 Å². The second-order valence-electron chi connectivity index (χ2n) is 13.0. The maximum absolute atomic E-state index is 6.60. The van der Waals surface area contributed by atoms with Crippen molar-refractivity contribution in [1.29, 1.82) is 0 Å². The van der Waals surface area contributed by atoms with E-state index in [1.807, 2.05) is 36.4 Å². The highest BCUT2D eigenvalue weighted by atomic mass is 16.3. The zero-order valence-corrected chi connectivity index (χ0v) is 27.6. The number of benzene rings is 8. The molecule has 0 saturated heterocycles. The molecule has 10 aromatic rings. The van der Waals surface area contributed by atoms with Crippen molar-refractivity contribution in [3.63, 3.8) is 0 Å². The summed E-state index contributed by atoms with van der Waals surface area (Å²) in [4.78, 5) is 10.1. The first-order valence-electron chi connectivity index (χ1n) is 17.2. The molecule has 2 aromatic heterocycles. The van der Waals surface area contributed by atoms with Gasteiger partial charge < -0.3 is 4.42 Å². The molecule has 0 unspecified atom stereocenters. The highest BCUT2D eigenvalue weighted by Gasteiger charge is 2.17. The molecule has 0 spiro atoms. The van der Waals surface area contributed by atoms with E-state index >= 15 is 0 Å². The SMILES string of the molecule is c1ccc(-c2cc(-c3cccc(-c4ccc5oc6c7ccccc7c(-c7ccc8ccccc8c7)cc6c5c4)c3)nc(-c3ccccc3)n2)cc1. The lowest BCUT2D eigenvalue weighted by molar-refractivity contribution is 0.673. The van der Waals surface area contributed by atoms with Crippen LogP contribution in [-0.4, -0.2) is 9.97 Å². The van der Waals surface area contributed by atoms with Crippen molar-refractivity contribution in [3.8, 4) is 56.2 Å². The van der Waals surface area contributed by atoms with E-state index in [2.05, 4.69) is 146 Å². The van der Waals surface area contributed by atoms with Gasteiger partial charge in [0.1, 0.15) is 11.2 Å². The van der Waals surface area contributed by atoms with Crippen LogP contribution in [0.3, 0.4) is 0 Å². The van der Waals surface area contributed by atoms with Crippen LogP contribution in [0.4, 0.5) is 0 Å². The molecule has 10 rings (SSSR count). The number of hydrogen-bond acceptors (Lipinski definition) is 3. The molecule has 0 bridgehead atoms. The van der Waals surface area contributed by atoms with Gasteiger partial charge in [0.05, 0.1) is 11.4 Å². The molecule has 0 aliphatic carbocycles. The second kappa shape index (κ2) is 11.9. The molecule has 3 nitrogen and oxygen atoms in total. The molecule has 8 aromatic carbocycles. The van der Waals surface area contributed by atoms with Crippen molar-refractivity contribution >= 4 is 43.5 Å². The minimum Gasteiger partial charge on any atom is -0.455 e. The van der Waals surface area contributed by atoms with Gasteiger partial charge in [-0.1, -0.05) is 146 Å². The lowest BCUT2D eigenvalue weighted by atomic mass is 9.93. The standard InChI is InChI=1S/C48H30N2O/c1-3-13-32(14-4-1)44-30-45(50-48(49-44)33-15-5-2-6-16-33)38-19-11-18-35(27-38)36-24-25-46-42(28-36)43-29-41(39-20-9-10-21-40(39)47(43)51-46)37-23-22-31-12-7-8-17-34(31)26-37/h1-30H. The van der Waals surface area contributed by atoms with Gasteiger partial charge in [-0.2, -0.15) is 0 Å². The largest absolute Gasteiger partial charge is 0.455 e. The summed E-state index contributed by atoms with van der Waals surface area (Å²) in [6.45, 7) is 0. The van der Waals surface area contributed by atoms with Gasteiger partial charge in [0.15, 0.2) is 5.82 Å². The summed E-state index contributed by atoms with van der Waals surface area (Å²) >= 11 is 0. The molecule has 238 valence electrons. The Bertz CT molecular complexity index is 2850. The van der Waals surface area contributed by atoms with Crippen molar-refractivity contribution in [2.45, 2.75) is 0 Å². The van der Waals surface area contributed by atoms with Crippen LogP contribution < -0.4 is 0 Å². The maximum atomic E-state index is 6.60. The van der Waals surface area contributed by atoms with Gasteiger partial charge in [0, 0.05) is 32.8 Å². The summed E-state index contributed by atoms with van der Waals surface area (Å²) in [7, 11) is 0. The van der Waals surface area contributed by atoms with Crippen molar-refractivity contribution in [2.24, 2.45) is 0 Å². The summed E-state index contributed by atoms with van der Waals surface area (Å²) in [5.41, 5.74) is 11.3. The quantitative estimate of drug-likeness (QED) is 0.186. The van der Waals surface area contributed by atoms with Gasteiger partial charge in [-0.15, -0.1) is 0 Å². The molecule has 0 saturated carbocycles. The van der Waals surface area contributed by atoms with E-state index in [9.17, 15) is 0 Å². The Morgan fingerprint density at radius 1 is 0.333 bits per heavy atom. The first kappa shape index (κ1) is 29.1. The Labute approximate surface area is 295 Å². The Kier molecular flexibility index (Phi) is 6.81. The molecule has 0 aliphatic heterocycles. The van der Waals surface area contributed by atoms with Crippen LogP contribution >= 0.6 is 0 Å². The van der Waals surface area contributed by atoms with Gasteiger partial charge in [-0.05, 0) is 74.8 Å². The van der Waals surface area contributed by atoms with Gasteiger partial charge in [-0.3, -0.25) is 0 Å². The third kappa shape index (κ3) is 5.15. The monoisotopic (exact) mass is 650 g/mol. The molecule has 0 radical (unpaired) electrons. The fraction of sp³-hybridized carbons (Fsp3) is 0. The number of fused-ring (bicyclic) bond motifs is 6. The molecule has 2 heterocycles. The van der Waals surface area contributed by atoms with Crippen LogP contribution in [0.15, 0.2) is 186 Å². The van der Waals surface area contributed by atoms with Crippen molar-refractivity contribution in [2.75, 3.05) is 0 Å². The van der Waals surface area contributed by atoms with Crippen molar-refractivity contribution in [3.05, 3.63) is 182 Å². The lowest BCUT2D eigenvalue weighted by Crippen LogP contribution is -1.96. The average Bonchev–Trinajstić information content (AvgIpc) is 3.59. The minimum atomic E-state index is 0.707. The zero-order chi connectivity index (χ0) is 33.7. The predicted molar refractivity (Wildman–Crippen MR) is 212 cm³/mol. The molecule has 3 heteroatoms. The normalized spacial score (nSPS) is 11.5. The molecular formula is C48H30N2O.